The SMILES string of the molecule is CC(=O)C(Cc1ccccc1)(OCc1ccccc1)C(=O)OCCN1CCC(C)(C)CC1. The van der Waals surface area contributed by atoms with Crippen molar-refractivity contribution in [3.05, 3.63) is 71.8 Å². The Morgan fingerprint density at radius 3 is 2.06 bits per heavy atom. The molecule has 1 saturated heterocycles. The highest BCUT2D eigenvalue weighted by molar-refractivity contribution is 6.06. The number of carbonyl (C=O) groups is 2. The Labute approximate surface area is 191 Å². The first-order valence-electron chi connectivity index (χ1n) is 11.4. The summed E-state index contributed by atoms with van der Waals surface area (Å²) in [6, 6.07) is 19.0. The minimum Gasteiger partial charge on any atom is -0.462 e. The zero-order valence-corrected chi connectivity index (χ0v) is 19.5. The van der Waals surface area contributed by atoms with Gasteiger partial charge in [-0.1, -0.05) is 74.5 Å². The van der Waals surface area contributed by atoms with Crippen LogP contribution < -0.4 is 0 Å². The number of hydrogen-bond acceptors (Lipinski definition) is 5. The number of nitrogens with zero attached hydrogens (tertiary/aromatic N) is 1. The maximum absolute atomic E-state index is 13.3. The summed E-state index contributed by atoms with van der Waals surface area (Å²) in [5, 5.41) is 0. The van der Waals surface area contributed by atoms with Gasteiger partial charge in [0.2, 0.25) is 5.60 Å². The van der Waals surface area contributed by atoms with E-state index >= 15 is 0 Å². The molecule has 0 bridgehead atoms. The summed E-state index contributed by atoms with van der Waals surface area (Å²) in [4.78, 5) is 28.4. The lowest BCUT2D eigenvalue weighted by Crippen LogP contribution is -2.51. The fourth-order valence-corrected chi connectivity index (χ4v) is 3.98. The van der Waals surface area contributed by atoms with Crippen molar-refractivity contribution in [3.8, 4) is 0 Å². The molecule has 32 heavy (non-hydrogen) atoms. The average molecular weight is 438 g/mol. The molecule has 1 fully saturated rings. The van der Waals surface area contributed by atoms with Gasteiger partial charge < -0.3 is 9.47 Å². The first-order valence-corrected chi connectivity index (χ1v) is 11.4. The van der Waals surface area contributed by atoms with Crippen LogP contribution in [0.4, 0.5) is 0 Å². The molecule has 0 aromatic heterocycles. The molecule has 2 aromatic carbocycles. The lowest BCUT2D eigenvalue weighted by Gasteiger charge is -2.37. The molecule has 1 aliphatic rings. The molecule has 1 heterocycles. The third kappa shape index (κ3) is 6.50. The van der Waals surface area contributed by atoms with E-state index in [1.54, 1.807) is 0 Å². The van der Waals surface area contributed by atoms with Crippen LogP contribution in [0.1, 0.15) is 44.7 Å². The van der Waals surface area contributed by atoms with Gasteiger partial charge in [-0.15, -0.1) is 0 Å². The van der Waals surface area contributed by atoms with Crippen molar-refractivity contribution in [1.29, 1.82) is 0 Å². The predicted octanol–water partition coefficient (Wildman–Crippen LogP) is 4.44. The van der Waals surface area contributed by atoms with E-state index < -0.39 is 11.6 Å². The summed E-state index contributed by atoms with van der Waals surface area (Å²) >= 11 is 0. The van der Waals surface area contributed by atoms with E-state index in [0.29, 0.717) is 12.0 Å². The number of benzene rings is 2. The van der Waals surface area contributed by atoms with Crippen LogP contribution in [0.3, 0.4) is 0 Å². The summed E-state index contributed by atoms with van der Waals surface area (Å²) in [6.45, 7) is 9.05. The number of esters is 1. The van der Waals surface area contributed by atoms with Crippen LogP contribution in [-0.4, -0.2) is 48.5 Å². The maximum atomic E-state index is 13.3. The molecule has 172 valence electrons. The van der Waals surface area contributed by atoms with E-state index in [1.165, 1.54) is 6.92 Å². The number of Topliss-reactive ketones (excluding diaryl/α,β-unsaturated/α-hetero) is 1. The number of ketones is 1. The van der Waals surface area contributed by atoms with Crippen LogP contribution in [0.5, 0.6) is 0 Å². The molecule has 0 amide bonds. The summed E-state index contributed by atoms with van der Waals surface area (Å²) in [5.74, 6) is -0.955. The van der Waals surface area contributed by atoms with Crippen LogP contribution >= 0.6 is 0 Å². The first-order chi connectivity index (χ1) is 15.3. The lowest BCUT2D eigenvalue weighted by atomic mass is 9.83. The Morgan fingerprint density at radius 1 is 0.938 bits per heavy atom. The smallest absolute Gasteiger partial charge is 0.346 e. The third-order valence-corrected chi connectivity index (χ3v) is 6.37. The van der Waals surface area contributed by atoms with Gasteiger partial charge in [0.1, 0.15) is 6.61 Å². The summed E-state index contributed by atoms with van der Waals surface area (Å²) < 4.78 is 11.7. The maximum Gasteiger partial charge on any atom is 0.346 e. The standard InChI is InChI=1S/C27H35NO4/c1-22(29)27(20-23-10-6-4-7-11-23,32-21-24-12-8-5-9-13-24)25(30)31-19-18-28-16-14-26(2,3)15-17-28/h4-13H,14-21H2,1-3H3. The molecule has 1 aliphatic heterocycles. The molecule has 1 unspecified atom stereocenters. The highest BCUT2D eigenvalue weighted by atomic mass is 16.6. The van der Waals surface area contributed by atoms with Gasteiger partial charge in [0, 0.05) is 13.0 Å². The van der Waals surface area contributed by atoms with Gasteiger partial charge in [-0.2, -0.15) is 0 Å². The molecule has 0 radical (unpaired) electrons. The zero-order chi connectivity index (χ0) is 23.0. The molecule has 0 spiro atoms. The van der Waals surface area contributed by atoms with E-state index in [1.807, 2.05) is 60.7 Å². The Kier molecular flexibility index (Phi) is 8.21. The second kappa shape index (κ2) is 10.9. The Balaban J connectivity index is 1.69. The van der Waals surface area contributed by atoms with Crippen LogP contribution in [0.15, 0.2) is 60.7 Å². The molecule has 3 rings (SSSR count). The Hall–Kier alpha value is -2.50. The van der Waals surface area contributed by atoms with Gasteiger partial charge in [-0.3, -0.25) is 9.69 Å². The van der Waals surface area contributed by atoms with Gasteiger partial charge in [0.15, 0.2) is 5.78 Å². The topological polar surface area (TPSA) is 55.8 Å². The number of ether oxygens (including phenoxy) is 2. The van der Waals surface area contributed by atoms with E-state index in [-0.39, 0.29) is 25.4 Å². The van der Waals surface area contributed by atoms with Crippen molar-refractivity contribution in [3.63, 3.8) is 0 Å². The fourth-order valence-electron chi connectivity index (χ4n) is 3.98. The molecular formula is C27H35NO4. The molecule has 0 saturated carbocycles. The second-order valence-electron chi connectivity index (χ2n) is 9.46. The van der Waals surface area contributed by atoms with Gasteiger partial charge in [-0.25, -0.2) is 4.79 Å². The van der Waals surface area contributed by atoms with Crippen LogP contribution in [0.2, 0.25) is 0 Å². The van der Waals surface area contributed by atoms with Crippen molar-refractivity contribution in [2.75, 3.05) is 26.2 Å². The summed E-state index contributed by atoms with van der Waals surface area (Å²) in [7, 11) is 0. The minimum atomic E-state index is -1.67. The van der Waals surface area contributed by atoms with Gasteiger partial charge in [0.05, 0.1) is 6.61 Å². The number of piperidine rings is 1. The number of rotatable bonds is 10. The highest BCUT2D eigenvalue weighted by Crippen LogP contribution is 2.29. The molecule has 0 aliphatic carbocycles. The average Bonchev–Trinajstić information content (AvgIpc) is 2.79. The molecule has 0 N–H and O–H groups in total. The monoisotopic (exact) mass is 437 g/mol. The number of hydrogen-bond donors (Lipinski definition) is 0. The molecule has 5 heteroatoms. The largest absolute Gasteiger partial charge is 0.462 e. The highest BCUT2D eigenvalue weighted by Gasteiger charge is 2.46. The number of carbonyl (C=O) groups excluding carboxylic acids is 2. The van der Waals surface area contributed by atoms with Gasteiger partial charge in [-0.05, 0) is 49.4 Å². The fraction of sp³-hybridized carbons (Fsp3) is 0.481. The summed E-state index contributed by atoms with van der Waals surface area (Å²) in [6.07, 6.45) is 2.41. The van der Waals surface area contributed by atoms with Crippen molar-refractivity contribution in [2.45, 2.75) is 52.2 Å². The molecular weight excluding hydrogens is 402 g/mol. The Morgan fingerprint density at radius 2 is 1.50 bits per heavy atom. The van der Waals surface area contributed by atoms with E-state index in [9.17, 15) is 9.59 Å². The van der Waals surface area contributed by atoms with Crippen molar-refractivity contribution in [1.82, 2.24) is 4.90 Å². The minimum absolute atomic E-state index is 0.146. The zero-order valence-electron chi connectivity index (χ0n) is 19.5. The van der Waals surface area contributed by atoms with Crippen LogP contribution in [0, 0.1) is 5.41 Å². The molecule has 5 nitrogen and oxygen atoms in total. The predicted molar refractivity (Wildman–Crippen MR) is 125 cm³/mol. The van der Waals surface area contributed by atoms with Crippen molar-refractivity contribution in [2.24, 2.45) is 5.41 Å². The second-order valence-corrected chi connectivity index (χ2v) is 9.46. The molecule has 2 aromatic rings. The number of likely N-dealkylation sites (tertiary alicyclic amines) is 1. The third-order valence-electron chi connectivity index (χ3n) is 6.37. The Bertz CT molecular complexity index is 871. The van der Waals surface area contributed by atoms with E-state index in [0.717, 1.165) is 37.1 Å². The lowest BCUT2D eigenvalue weighted by molar-refractivity contribution is -0.179. The molecule has 1 atom stereocenters. The quantitative estimate of drug-likeness (QED) is 0.406. The summed E-state index contributed by atoms with van der Waals surface area (Å²) in [5.41, 5.74) is 0.458. The van der Waals surface area contributed by atoms with Crippen LogP contribution in [-0.2, 0) is 32.1 Å². The van der Waals surface area contributed by atoms with Gasteiger partial charge in [0.25, 0.3) is 0 Å². The van der Waals surface area contributed by atoms with Crippen LogP contribution in [0.25, 0.3) is 0 Å². The van der Waals surface area contributed by atoms with E-state index in [4.69, 9.17) is 9.47 Å². The first kappa shape index (κ1) is 24.1. The van der Waals surface area contributed by atoms with E-state index in [2.05, 4.69) is 18.7 Å². The van der Waals surface area contributed by atoms with Crippen molar-refractivity contribution < 1.29 is 19.1 Å². The van der Waals surface area contributed by atoms with Gasteiger partial charge >= 0.3 is 5.97 Å². The normalized spacial score (nSPS) is 18.0. The van der Waals surface area contributed by atoms with Crippen molar-refractivity contribution >= 4 is 11.8 Å².